The number of aliphatic hydroxyl groups is 3. The summed E-state index contributed by atoms with van der Waals surface area (Å²) in [6.45, 7) is 0.388. The van der Waals surface area contributed by atoms with Crippen LogP contribution in [0.25, 0.3) is 21.8 Å². The molecule has 14 heteroatoms. The van der Waals surface area contributed by atoms with Gasteiger partial charge in [0.2, 0.25) is 0 Å². The summed E-state index contributed by atoms with van der Waals surface area (Å²) in [6.07, 6.45) is 3.17. The largest absolute Gasteiger partial charge is 0.395 e. The van der Waals surface area contributed by atoms with Crippen LogP contribution in [-0.2, 0) is 9.47 Å². The summed E-state index contributed by atoms with van der Waals surface area (Å²) < 4.78 is 15.1. The Morgan fingerprint density at radius 1 is 1.05 bits per heavy atom. The average molecular weight is 574 g/mol. The lowest BCUT2D eigenvalue weighted by molar-refractivity contribution is -0.0339. The van der Waals surface area contributed by atoms with Crippen LogP contribution in [0.3, 0.4) is 0 Å². The van der Waals surface area contributed by atoms with E-state index in [2.05, 4.69) is 25.6 Å². The molecule has 0 aliphatic carbocycles. The van der Waals surface area contributed by atoms with E-state index in [0.29, 0.717) is 30.4 Å². The van der Waals surface area contributed by atoms with Crippen LogP contribution in [0, 0.1) is 0 Å². The number of ether oxygens (including phenoxy) is 2. The Hall–Kier alpha value is -2.72. The lowest BCUT2D eigenvalue weighted by atomic mass is 10.0. The van der Waals surface area contributed by atoms with Gasteiger partial charge in [-0.3, -0.25) is 4.98 Å². The van der Waals surface area contributed by atoms with Gasteiger partial charge < -0.3 is 24.8 Å². The van der Waals surface area contributed by atoms with Gasteiger partial charge in [0.1, 0.15) is 23.5 Å². The lowest BCUT2D eigenvalue weighted by Crippen LogP contribution is -2.55. The molecule has 208 valence electrons. The third-order valence-corrected chi connectivity index (χ3v) is 11.8. The van der Waals surface area contributed by atoms with Gasteiger partial charge in [-0.05, 0) is 0 Å². The Bertz CT molecular complexity index is 1350. The highest BCUT2D eigenvalue weighted by atomic mass is 32.2. The van der Waals surface area contributed by atoms with Gasteiger partial charge in [0.05, 0.1) is 60.9 Å². The zero-order valence-electron chi connectivity index (χ0n) is 21.2. The highest BCUT2D eigenvalue weighted by Crippen LogP contribution is 2.51. The summed E-state index contributed by atoms with van der Waals surface area (Å²) >= 11 is 1.46. The van der Waals surface area contributed by atoms with Crippen LogP contribution in [-0.4, -0.2) is 112 Å². The van der Waals surface area contributed by atoms with Crippen molar-refractivity contribution in [2.24, 2.45) is 0 Å². The maximum atomic E-state index is 11.6. The van der Waals surface area contributed by atoms with Gasteiger partial charge in [-0.25, -0.2) is 20.3 Å². The number of methoxy groups -OCH3 is 1. The molecule has 8 atom stereocenters. The van der Waals surface area contributed by atoms with Gasteiger partial charge in [-0.1, -0.05) is 40.8 Å². The van der Waals surface area contributed by atoms with Crippen molar-refractivity contribution >= 4 is 22.2 Å². The smallest absolute Gasteiger partial charge is 0.124 e. The van der Waals surface area contributed by atoms with Crippen LogP contribution in [0.1, 0.15) is 12.1 Å². The molecule has 2 saturated heterocycles. The fraction of sp³-hybridized carbons (Fsp3) is 0.480. The van der Waals surface area contributed by atoms with Crippen LogP contribution < -0.4 is 0 Å². The SMILES string of the molecule is CO[C@H]1C[SH]([C@@H]2COC[C@H](n3cc(-c4ccccc4)nn3)[C@H]2O)[C@H](CO)[C@H](O)[C@@H]1n1cc(-c2cncs2)nn1. The molecule has 2 fully saturated rings. The van der Waals surface area contributed by atoms with Crippen molar-refractivity contribution in [2.45, 2.75) is 40.9 Å². The van der Waals surface area contributed by atoms with Gasteiger partial charge in [0.25, 0.3) is 0 Å². The first-order valence-corrected chi connectivity index (χ1v) is 15.2. The lowest BCUT2D eigenvalue weighted by Gasteiger charge is -2.51. The monoisotopic (exact) mass is 573 g/mol. The zero-order chi connectivity index (χ0) is 26.9. The third-order valence-electron chi connectivity index (χ3n) is 7.64. The molecule has 4 aromatic rings. The summed E-state index contributed by atoms with van der Waals surface area (Å²) in [5.74, 6) is 0.555. The Balaban J connectivity index is 1.23. The number of hydrogen-bond donors (Lipinski definition) is 4. The van der Waals surface area contributed by atoms with E-state index in [0.717, 1.165) is 10.4 Å². The number of benzene rings is 1. The molecule has 0 spiro atoms. The molecular weight excluding hydrogens is 542 g/mol. The minimum absolute atomic E-state index is 0.231. The van der Waals surface area contributed by atoms with Crippen molar-refractivity contribution in [1.82, 2.24) is 35.0 Å². The van der Waals surface area contributed by atoms with E-state index >= 15 is 0 Å². The number of rotatable bonds is 7. The maximum absolute atomic E-state index is 11.6. The van der Waals surface area contributed by atoms with E-state index in [1.807, 2.05) is 36.5 Å². The van der Waals surface area contributed by atoms with Crippen LogP contribution in [0.4, 0.5) is 0 Å². The summed E-state index contributed by atoms with van der Waals surface area (Å²) in [6, 6.07) is 8.75. The summed E-state index contributed by atoms with van der Waals surface area (Å²) in [5.41, 5.74) is 4.04. The van der Waals surface area contributed by atoms with E-state index in [1.165, 1.54) is 11.3 Å². The average Bonchev–Trinajstić information content (AvgIpc) is 3.75. The number of thiol groups is 1. The van der Waals surface area contributed by atoms with Crippen molar-refractivity contribution in [3.8, 4) is 21.8 Å². The molecular formula is C25H31N7O5S2. The van der Waals surface area contributed by atoms with E-state index < -0.39 is 46.5 Å². The maximum Gasteiger partial charge on any atom is 0.124 e. The Morgan fingerprint density at radius 3 is 2.56 bits per heavy atom. The predicted octanol–water partition coefficient (Wildman–Crippen LogP) is 0.954. The molecule has 6 rings (SSSR count). The number of aliphatic hydroxyl groups excluding tert-OH is 3. The fourth-order valence-electron chi connectivity index (χ4n) is 5.58. The van der Waals surface area contributed by atoms with Gasteiger partial charge in [-0.15, -0.1) is 21.5 Å². The molecule has 2 aliphatic heterocycles. The standard InChI is InChI=1S/C25H31N7O5S2/c1-36-19-13-39(21(10-33)25(35)23(19)32-9-17(28-30-32)20-7-26-14-38-20)22-12-37-11-18(24(22)34)31-8-16(27-29-31)15-5-3-2-4-6-15/h2-9,14,18-19,21-25,33-35,39H,10-13H2,1H3/t18-,19-,21+,22+,23+,24+,25-/m0/s1. The number of aromatic nitrogens is 7. The van der Waals surface area contributed by atoms with E-state index in [9.17, 15) is 15.3 Å². The molecule has 0 amide bonds. The van der Waals surface area contributed by atoms with Crippen molar-refractivity contribution in [2.75, 3.05) is 32.7 Å². The Morgan fingerprint density at radius 2 is 1.82 bits per heavy atom. The van der Waals surface area contributed by atoms with Crippen LogP contribution >= 0.6 is 22.2 Å². The molecule has 5 heterocycles. The minimum atomic E-state index is -1.11. The highest BCUT2D eigenvalue weighted by molar-refractivity contribution is 8.18. The Labute approximate surface area is 231 Å². The molecule has 2 aliphatic rings. The highest BCUT2D eigenvalue weighted by Gasteiger charge is 2.49. The summed E-state index contributed by atoms with van der Waals surface area (Å²) in [5, 5.41) is 50.0. The summed E-state index contributed by atoms with van der Waals surface area (Å²) in [7, 11) is 0.498. The first-order chi connectivity index (χ1) is 19.1. The number of nitrogens with zero attached hydrogens (tertiary/aromatic N) is 7. The zero-order valence-corrected chi connectivity index (χ0v) is 22.9. The molecule has 1 unspecified atom stereocenters. The van der Waals surface area contributed by atoms with Crippen LogP contribution in [0.2, 0.25) is 0 Å². The topological polar surface area (TPSA) is 153 Å². The molecule has 3 N–H and O–H groups in total. The van der Waals surface area contributed by atoms with Crippen molar-refractivity contribution in [3.63, 3.8) is 0 Å². The first kappa shape index (κ1) is 26.5. The van der Waals surface area contributed by atoms with Crippen molar-refractivity contribution in [1.29, 1.82) is 0 Å². The predicted molar refractivity (Wildman–Crippen MR) is 147 cm³/mol. The second-order valence-electron chi connectivity index (χ2n) is 9.76. The molecule has 39 heavy (non-hydrogen) atoms. The fourth-order valence-corrected chi connectivity index (χ4v) is 9.63. The summed E-state index contributed by atoms with van der Waals surface area (Å²) in [4.78, 5) is 4.97. The number of thiazole rings is 1. The molecule has 0 bridgehead atoms. The molecule has 0 radical (unpaired) electrons. The van der Waals surface area contributed by atoms with E-state index in [-0.39, 0.29) is 11.9 Å². The molecule has 1 aromatic carbocycles. The second-order valence-corrected chi connectivity index (χ2v) is 13.4. The van der Waals surface area contributed by atoms with Gasteiger partial charge in [0, 0.05) is 35.1 Å². The van der Waals surface area contributed by atoms with Crippen molar-refractivity contribution in [3.05, 3.63) is 54.4 Å². The molecule has 0 saturated carbocycles. The van der Waals surface area contributed by atoms with Gasteiger partial charge >= 0.3 is 0 Å². The normalized spacial score (nSPS) is 32.3. The van der Waals surface area contributed by atoms with Gasteiger partial charge in [-0.2, -0.15) is 0 Å². The molecule has 3 aromatic heterocycles. The van der Waals surface area contributed by atoms with Crippen molar-refractivity contribution < 1.29 is 24.8 Å². The Kier molecular flexibility index (Phi) is 7.75. The van der Waals surface area contributed by atoms with Gasteiger partial charge in [0.15, 0.2) is 0 Å². The molecule has 12 nitrogen and oxygen atoms in total. The first-order valence-electron chi connectivity index (χ1n) is 12.7. The van der Waals surface area contributed by atoms with E-state index in [1.54, 1.807) is 34.4 Å². The third kappa shape index (κ3) is 5.01. The second kappa shape index (κ2) is 11.4. The van der Waals surface area contributed by atoms with E-state index in [4.69, 9.17) is 9.47 Å². The minimum Gasteiger partial charge on any atom is -0.395 e. The number of hydrogen-bond acceptors (Lipinski definition) is 11. The van der Waals surface area contributed by atoms with Crippen LogP contribution in [0.15, 0.2) is 54.4 Å². The quantitative estimate of drug-likeness (QED) is 0.235. The van der Waals surface area contributed by atoms with Crippen LogP contribution in [0.5, 0.6) is 0 Å².